The third-order valence-electron chi connectivity index (χ3n) is 2.72. The first-order valence-corrected chi connectivity index (χ1v) is 5.56. The molecule has 4 nitrogen and oxygen atoms in total. The Bertz CT molecular complexity index is 352. The Morgan fingerprint density at radius 1 is 1.56 bits per heavy atom. The van der Waals surface area contributed by atoms with E-state index >= 15 is 0 Å². The Morgan fingerprint density at radius 3 is 3.06 bits per heavy atom. The summed E-state index contributed by atoms with van der Waals surface area (Å²) in [5.74, 6) is 0.852. The molecule has 1 unspecified atom stereocenters. The minimum Gasteiger partial charge on any atom is -0.495 e. The molecule has 16 heavy (non-hydrogen) atoms. The van der Waals surface area contributed by atoms with Crippen molar-refractivity contribution in [2.24, 2.45) is 0 Å². The highest BCUT2D eigenvalue weighted by molar-refractivity contribution is 5.78. The van der Waals surface area contributed by atoms with Crippen molar-refractivity contribution >= 4 is 11.4 Å². The van der Waals surface area contributed by atoms with Crippen molar-refractivity contribution < 1.29 is 9.84 Å². The monoisotopic (exact) mass is 222 g/mol. The van der Waals surface area contributed by atoms with E-state index in [0.29, 0.717) is 6.54 Å². The average Bonchev–Trinajstić information content (AvgIpc) is 2.28. The van der Waals surface area contributed by atoms with Crippen LogP contribution in [0, 0.1) is 0 Å². The topological polar surface area (TPSA) is 44.7 Å². The molecule has 1 atom stereocenters. The molecule has 1 heterocycles. The minimum absolute atomic E-state index is 0.337. The van der Waals surface area contributed by atoms with Crippen LogP contribution in [0.1, 0.15) is 6.92 Å². The second kappa shape index (κ2) is 4.61. The van der Waals surface area contributed by atoms with Gasteiger partial charge in [0.25, 0.3) is 0 Å². The van der Waals surface area contributed by atoms with Crippen molar-refractivity contribution in [3.8, 4) is 5.75 Å². The smallest absolute Gasteiger partial charge is 0.144 e. The predicted molar refractivity (Wildman–Crippen MR) is 65.4 cm³/mol. The molecule has 1 aliphatic rings. The molecule has 1 aromatic rings. The first kappa shape index (κ1) is 11.1. The van der Waals surface area contributed by atoms with Crippen molar-refractivity contribution in [2.45, 2.75) is 13.0 Å². The lowest BCUT2D eigenvalue weighted by Crippen LogP contribution is -2.38. The standard InChI is InChI=1S/C12H18N2O2/c1-9(15)8-14-7-6-13-10-4-3-5-11(16-2)12(10)14/h3-5,9,13,15H,6-8H2,1-2H3. The largest absolute Gasteiger partial charge is 0.495 e. The Balaban J connectivity index is 2.35. The zero-order chi connectivity index (χ0) is 11.5. The summed E-state index contributed by atoms with van der Waals surface area (Å²) in [5.41, 5.74) is 2.13. The third kappa shape index (κ3) is 2.07. The number of rotatable bonds is 3. The van der Waals surface area contributed by atoms with Gasteiger partial charge in [-0.05, 0) is 19.1 Å². The molecular weight excluding hydrogens is 204 g/mol. The van der Waals surface area contributed by atoms with Gasteiger partial charge >= 0.3 is 0 Å². The Labute approximate surface area is 95.8 Å². The number of aliphatic hydroxyl groups excluding tert-OH is 1. The summed E-state index contributed by atoms with van der Waals surface area (Å²) >= 11 is 0. The van der Waals surface area contributed by atoms with Crippen LogP contribution in [0.3, 0.4) is 0 Å². The van der Waals surface area contributed by atoms with Crippen molar-refractivity contribution in [2.75, 3.05) is 37.0 Å². The van der Waals surface area contributed by atoms with Gasteiger partial charge < -0.3 is 20.1 Å². The maximum atomic E-state index is 9.49. The number of anilines is 2. The molecule has 1 aliphatic heterocycles. The molecule has 0 amide bonds. The molecule has 0 aromatic heterocycles. The second-order valence-electron chi connectivity index (χ2n) is 4.08. The Kier molecular flexibility index (Phi) is 3.19. The molecule has 1 aromatic carbocycles. The quantitative estimate of drug-likeness (QED) is 0.809. The molecule has 0 radical (unpaired) electrons. The number of fused-ring (bicyclic) bond motifs is 1. The molecule has 0 saturated heterocycles. The average molecular weight is 222 g/mol. The summed E-state index contributed by atoms with van der Waals surface area (Å²) in [6.07, 6.45) is -0.337. The van der Waals surface area contributed by atoms with E-state index in [0.717, 1.165) is 30.2 Å². The summed E-state index contributed by atoms with van der Waals surface area (Å²) < 4.78 is 5.36. The lowest BCUT2D eigenvalue weighted by molar-refractivity contribution is 0.200. The van der Waals surface area contributed by atoms with E-state index in [9.17, 15) is 5.11 Å². The van der Waals surface area contributed by atoms with E-state index in [-0.39, 0.29) is 6.10 Å². The van der Waals surface area contributed by atoms with Crippen LogP contribution in [0.25, 0.3) is 0 Å². The van der Waals surface area contributed by atoms with Gasteiger partial charge in [-0.3, -0.25) is 0 Å². The highest BCUT2D eigenvalue weighted by atomic mass is 16.5. The van der Waals surface area contributed by atoms with E-state index in [1.54, 1.807) is 14.0 Å². The maximum absolute atomic E-state index is 9.49. The van der Waals surface area contributed by atoms with Gasteiger partial charge in [-0.25, -0.2) is 0 Å². The molecule has 0 spiro atoms. The molecule has 0 aliphatic carbocycles. The van der Waals surface area contributed by atoms with Gasteiger partial charge in [0, 0.05) is 19.6 Å². The van der Waals surface area contributed by atoms with Crippen LogP contribution in [-0.2, 0) is 0 Å². The first-order valence-electron chi connectivity index (χ1n) is 5.56. The van der Waals surface area contributed by atoms with Gasteiger partial charge in [0.1, 0.15) is 11.4 Å². The summed E-state index contributed by atoms with van der Waals surface area (Å²) in [6, 6.07) is 5.95. The zero-order valence-electron chi connectivity index (χ0n) is 9.73. The summed E-state index contributed by atoms with van der Waals surface area (Å²) in [5, 5.41) is 12.8. The summed E-state index contributed by atoms with van der Waals surface area (Å²) in [4.78, 5) is 2.16. The predicted octanol–water partition coefficient (Wildman–Crippen LogP) is 1.31. The molecule has 4 heteroatoms. The van der Waals surface area contributed by atoms with Crippen LogP contribution in [0.15, 0.2) is 18.2 Å². The van der Waals surface area contributed by atoms with E-state index in [1.807, 2.05) is 18.2 Å². The summed E-state index contributed by atoms with van der Waals surface area (Å²) in [6.45, 7) is 4.22. The lowest BCUT2D eigenvalue weighted by Gasteiger charge is -2.33. The molecular formula is C12H18N2O2. The number of methoxy groups -OCH3 is 1. The molecule has 0 saturated carbocycles. The van der Waals surface area contributed by atoms with E-state index in [2.05, 4.69) is 10.2 Å². The second-order valence-corrected chi connectivity index (χ2v) is 4.08. The van der Waals surface area contributed by atoms with Crippen molar-refractivity contribution in [1.82, 2.24) is 0 Å². The fourth-order valence-corrected chi connectivity index (χ4v) is 2.09. The van der Waals surface area contributed by atoms with Crippen LogP contribution in [-0.4, -0.2) is 38.0 Å². The van der Waals surface area contributed by atoms with Gasteiger partial charge in [-0.2, -0.15) is 0 Å². The third-order valence-corrected chi connectivity index (χ3v) is 2.72. The van der Waals surface area contributed by atoms with Crippen molar-refractivity contribution in [3.63, 3.8) is 0 Å². The van der Waals surface area contributed by atoms with Crippen LogP contribution in [0.2, 0.25) is 0 Å². The fraction of sp³-hybridized carbons (Fsp3) is 0.500. The highest BCUT2D eigenvalue weighted by Gasteiger charge is 2.21. The van der Waals surface area contributed by atoms with E-state index < -0.39 is 0 Å². The molecule has 0 bridgehead atoms. The fourth-order valence-electron chi connectivity index (χ4n) is 2.09. The number of hydrogen-bond donors (Lipinski definition) is 2. The Hall–Kier alpha value is -1.42. The lowest BCUT2D eigenvalue weighted by atomic mass is 10.1. The number of β-amino-alcohol motifs (C(OH)–C–C–N with tert-alkyl or cyclic N) is 1. The van der Waals surface area contributed by atoms with Gasteiger partial charge in [-0.1, -0.05) is 6.07 Å². The molecule has 0 fully saturated rings. The zero-order valence-corrected chi connectivity index (χ0v) is 9.73. The van der Waals surface area contributed by atoms with Crippen molar-refractivity contribution in [1.29, 1.82) is 0 Å². The van der Waals surface area contributed by atoms with Gasteiger partial charge in [0.2, 0.25) is 0 Å². The van der Waals surface area contributed by atoms with Gasteiger partial charge in [-0.15, -0.1) is 0 Å². The Morgan fingerprint density at radius 2 is 2.38 bits per heavy atom. The normalized spacial score (nSPS) is 16.3. The van der Waals surface area contributed by atoms with Gasteiger partial charge in [0.15, 0.2) is 0 Å². The molecule has 88 valence electrons. The number of ether oxygens (including phenoxy) is 1. The minimum atomic E-state index is -0.337. The summed E-state index contributed by atoms with van der Waals surface area (Å²) in [7, 11) is 1.67. The maximum Gasteiger partial charge on any atom is 0.144 e. The number of aliphatic hydroxyl groups is 1. The van der Waals surface area contributed by atoms with Gasteiger partial charge in [0.05, 0.1) is 18.9 Å². The van der Waals surface area contributed by atoms with E-state index in [4.69, 9.17) is 4.74 Å². The van der Waals surface area contributed by atoms with Crippen molar-refractivity contribution in [3.05, 3.63) is 18.2 Å². The number of para-hydroxylation sites is 1. The van der Waals surface area contributed by atoms with E-state index in [1.165, 1.54) is 0 Å². The van der Waals surface area contributed by atoms with Crippen LogP contribution >= 0.6 is 0 Å². The first-order chi connectivity index (χ1) is 7.72. The number of benzene rings is 1. The molecule has 2 rings (SSSR count). The van der Waals surface area contributed by atoms with Crippen LogP contribution in [0.5, 0.6) is 5.75 Å². The van der Waals surface area contributed by atoms with Crippen LogP contribution < -0.4 is 15.0 Å². The van der Waals surface area contributed by atoms with Crippen LogP contribution in [0.4, 0.5) is 11.4 Å². The number of nitrogens with one attached hydrogen (secondary N) is 1. The number of hydrogen-bond acceptors (Lipinski definition) is 4. The SMILES string of the molecule is COc1cccc2c1N(CC(C)O)CCN2. The molecule has 2 N–H and O–H groups in total. The highest BCUT2D eigenvalue weighted by Crippen LogP contribution is 2.37. The number of nitrogens with zero attached hydrogens (tertiary/aromatic N) is 1.